The van der Waals surface area contributed by atoms with E-state index in [2.05, 4.69) is 5.32 Å². The number of amides is 1. The van der Waals surface area contributed by atoms with Gasteiger partial charge in [-0.25, -0.2) is 8.42 Å². The zero-order valence-corrected chi connectivity index (χ0v) is 19.6. The van der Waals surface area contributed by atoms with E-state index in [1.165, 1.54) is 22.5 Å². The van der Waals surface area contributed by atoms with Gasteiger partial charge in [0.05, 0.1) is 15.5 Å². The minimum absolute atomic E-state index is 0.106. The number of thioether (sulfide) groups is 1. The van der Waals surface area contributed by atoms with Gasteiger partial charge in [-0.05, 0) is 48.7 Å². The summed E-state index contributed by atoms with van der Waals surface area (Å²) in [5, 5.41) is 3.75. The van der Waals surface area contributed by atoms with E-state index in [0.29, 0.717) is 30.4 Å². The Hall–Kier alpha value is -1.25. The molecule has 3 rings (SSSR count). The van der Waals surface area contributed by atoms with Crippen LogP contribution in [0.5, 0.6) is 0 Å². The van der Waals surface area contributed by atoms with Crippen molar-refractivity contribution < 1.29 is 13.2 Å². The first-order valence-electron chi connectivity index (χ1n) is 9.78. The van der Waals surface area contributed by atoms with E-state index < -0.39 is 10.0 Å². The van der Waals surface area contributed by atoms with Crippen molar-refractivity contribution in [2.45, 2.75) is 29.9 Å². The van der Waals surface area contributed by atoms with Crippen molar-refractivity contribution >= 4 is 50.9 Å². The van der Waals surface area contributed by atoms with Crippen LogP contribution in [-0.4, -0.2) is 44.0 Å². The lowest BCUT2D eigenvalue weighted by Crippen LogP contribution is -2.35. The predicted octanol–water partition coefficient (Wildman–Crippen LogP) is 4.83. The van der Waals surface area contributed by atoms with Crippen LogP contribution in [0.1, 0.15) is 35.2 Å². The van der Waals surface area contributed by atoms with Crippen molar-refractivity contribution in [1.29, 1.82) is 0 Å². The van der Waals surface area contributed by atoms with E-state index in [1.807, 2.05) is 24.3 Å². The summed E-state index contributed by atoms with van der Waals surface area (Å²) in [6.07, 6.45) is 2.75. The third kappa shape index (κ3) is 6.14. The number of carbonyl (C=O) groups excluding carboxylic acids is 1. The molecule has 0 aromatic heterocycles. The maximum absolute atomic E-state index is 12.9. The number of carbonyl (C=O) groups is 1. The van der Waals surface area contributed by atoms with Crippen LogP contribution < -0.4 is 5.32 Å². The van der Waals surface area contributed by atoms with E-state index in [1.54, 1.807) is 11.8 Å². The first kappa shape index (κ1) is 23.4. The molecule has 0 radical (unpaired) electrons. The molecule has 0 spiro atoms. The molecule has 1 N–H and O–H groups in total. The smallest absolute Gasteiger partial charge is 0.252 e. The van der Waals surface area contributed by atoms with E-state index in [4.69, 9.17) is 23.2 Å². The number of piperidine rings is 1. The number of benzene rings is 2. The number of halogens is 2. The lowest BCUT2D eigenvalue weighted by atomic mass is 10.2. The van der Waals surface area contributed by atoms with Gasteiger partial charge in [-0.15, -0.1) is 0 Å². The summed E-state index contributed by atoms with van der Waals surface area (Å²) in [7, 11) is -3.62. The van der Waals surface area contributed by atoms with Crippen LogP contribution in [0.25, 0.3) is 0 Å². The Morgan fingerprint density at radius 2 is 1.83 bits per heavy atom. The second kappa shape index (κ2) is 10.9. The lowest BCUT2D eigenvalue weighted by molar-refractivity contribution is 0.0956. The highest BCUT2D eigenvalue weighted by Gasteiger charge is 2.27. The molecule has 0 aliphatic carbocycles. The van der Waals surface area contributed by atoms with Gasteiger partial charge in [-0.2, -0.15) is 16.1 Å². The summed E-state index contributed by atoms with van der Waals surface area (Å²) < 4.78 is 27.2. The summed E-state index contributed by atoms with van der Waals surface area (Å²) in [5.41, 5.74) is 1.30. The van der Waals surface area contributed by atoms with Crippen molar-refractivity contribution in [2.24, 2.45) is 0 Å². The zero-order chi connectivity index (χ0) is 21.6. The van der Waals surface area contributed by atoms with Gasteiger partial charge < -0.3 is 5.32 Å². The first-order valence-corrected chi connectivity index (χ1v) is 13.1. The Morgan fingerprint density at radius 1 is 1.07 bits per heavy atom. The molecule has 0 atom stereocenters. The standard InChI is InChI=1S/C21H24Cl2N2O3S2/c22-17-6-4-5-16(13-17)15-29-12-9-24-21(26)19-14-18(7-8-20(19)23)30(27,28)25-10-2-1-3-11-25/h4-8,13-14H,1-3,9-12,15H2,(H,24,26). The third-order valence-electron chi connectivity index (χ3n) is 4.82. The third-order valence-corrected chi connectivity index (χ3v) is 8.31. The molecule has 0 bridgehead atoms. The Morgan fingerprint density at radius 3 is 2.57 bits per heavy atom. The van der Waals surface area contributed by atoms with Gasteiger partial charge in [-0.3, -0.25) is 4.79 Å². The second-order valence-electron chi connectivity index (χ2n) is 7.04. The maximum Gasteiger partial charge on any atom is 0.252 e. The minimum atomic E-state index is -3.62. The molecule has 1 saturated heterocycles. The molecule has 1 aliphatic rings. The molecule has 0 unspecified atom stereocenters. The monoisotopic (exact) mass is 486 g/mol. The van der Waals surface area contributed by atoms with Crippen molar-refractivity contribution in [2.75, 3.05) is 25.4 Å². The summed E-state index contributed by atoms with van der Waals surface area (Å²) in [4.78, 5) is 12.7. The van der Waals surface area contributed by atoms with E-state index >= 15 is 0 Å². The predicted molar refractivity (Wildman–Crippen MR) is 124 cm³/mol. The van der Waals surface area contributed by atoms with Gasteiger partial charge in [0.25, 0.3) is 5.91 Å². The average molecular weight is 487 g/mol. The zero-order valence-electron chi connectivity index (χ0n) is 16.4. The molecule has 30 heavy (non-hydrogen) atoms. The molecule has 1 heterocycles. The molecule has 5 nitrogen and oxygen atoms in total. The number of rotatable bonds is 8. The summed E-state index contributed by atoms with van der Waals surface area (Å²) >= 11 is 13.8. The van der Waals surface area contributed by atoms with Crippen LogP contribution >= 0.6 is 35.0 Å². The van der Waals surface area contributed by atoms with Crippen LogP contribution in [0, 0.1) is 0 Å². The fourth-order valence-corrected chi connectivity index (χ4v) is 6.01. The van der Waals surface area contributed by atoms with Crippen molar-refractivity contribution in [3.63, 3.8) is 0 Å². The Bertz CT molecular complexity index is 993. The molecule has 9 heteroatoms. The molecule has 1 fully saturated rings. The van der Waals surface area contributed by atoms with Crippen LogP contribution in [0.3, 0.4) is 0 Å². The van der Waals surface area contributed by atoms with Gasteiger partial charge in [0, 0.05) is 36.2 Å². The topological polar surface area (TPSA) is 66.5 Å². The van der Waals surface area contributed by atoms with Crippen molar-refractivity contribution in [1.82, 2.24) is 9.62 Å². The lowest BCUT2D eigenvalue weighted by Gasteiger charge is -2.26. The molecule has 1 aliphatic heterocycles. The average Bonchev–Trinajstić information content (AvgIpc) is 2.74. The molecule has 162 valence electrons. The number of nitrogens with zero attached hydrogens (tertiary/aromatic N) is 1. The maximum atomic E-state index is 12.9. The minimum Gasteiger partial charge on any atom is -0.351 e. The van der Waals surface area contributed by atoms with E-state index in [0.717, 1.165) is 30.6 Å². The fraction of sp³-hybridized carbons (Fsp3) is 0.381. The second-order valence-corrected chi connectivity index (χ2v) is 10.9. The molecule has 2 aromatic carbocycles. The van der Waals surface area contributed by atoms with Crippen LogP contribution in [-0.2, 0) is 15.8 Å². The molecule has 0 saturated carbocycles. The normalized spacial score (nSPS) is 15.1. The number of hydrogen-bond acceptors (Lipinski definition) is 4. The van der Waals surface area contributed by atoms with E-state index in [-0.39, 0.29) is 21.4 Å². The Kier molecular flexibility index (Phi) is 8.48. The van der Waals surface area contributed by atoms with Gasteiger partial charge in [0.2, 0.25) is 10.0 Å². The first-order chi connectivity index (χ1) is 14.4. The number of hydrogen-bond donors (Lipinski definition) is 1. The number of nitrogens with one attached hydrogen (secondary N) is 1. The SMILES string of the molecule is O=C(NCCSCc1cccc(Cl)c1)c1cc(S(=O)(=O)N2CCCCC2)ccc1Cl. The highest BCUT2D eigenvalue weighted by molar-refractivity contribution is 7.98. The Balaban J connectivity index is 1.57. The van der Waals surface area contributed by atoms with Crippen molar-refractivity contribution in [3.05, 3.63) is 63.6 Å². The van der Waals surface area contributed by atoms with Gasteiger partial charge >= 0.3 is 0 Å². The summed E-state index contributed by atoms with van der Waals surface area (Å²) in [6.45, 7) is 1.47. The van der Waals surface area contributed by atoms with Gasteiger partial charge in [-0.1, -0.05) is 41.8 Å². The molecular weight excluding hydrogens is 463 g/mol. The van der Waals surface area contributed by atoms with Crippen molar-refractivity contribution in [3.8, 4) is 0 Å². The van der Waals surface area contributed by atoms with Crippen LogP contribution in [0.15, 0.2) is 47.4 Å². The fourth-order valence-electron chi connectivity index (χ4n) is 3.24. The quantitative estimate of drug-likeness (QED) is 0.542. The Labute approximate surface area is 192 Å². The van der Waals surface area contributed by atoms with Gasteiger partial charge in [0.15, 0.2) is 0 Å². The summed E-state index contributed by atoms with van der Waals surface area (Å²) in [6, 6.07) is 12.0. The largest absolute Gasteiger partial charge is 0.351 e. The van der Waals surface area contributed by atoms with Crippen LogP contribution in [0.2, 0.25) is 10.0 Å². The number of sulfonamides is 1. The molecular formula is C21H24Cl2N2O3S2. The van der Waals surface area contributed by atoms with E-state index in [9.17, 15) is 13.2 Å². The summed E-state index contributed by atoms with van der Waals surface area (Å²) in [5.74, 6) is 1.13. The highest BCUT2D eigenvalue weighted by atomic mass is 35.5. The molecule has 1 amide bonds. The van der Waals surface area contributed by atoms with Crippen LogP contribution in [0.4, 0.5) is 0 Å². The highest BCUT2D eigenvalue weighted by Crippen LogP contribution is 2.25. The van der Waals surface area contributed by atoms with Gasteiger partial charge in [0.1, 0.15) is 0 Å². The molecule has 2 aromatic rings.